The average molecular weight is 222 g/mol. The first-order valence-electron chi connectivity index (χ1n) is 4.69. The molecule has 0 bridgehead atoms. The van der Waals surface area contributed by atoms with Crippen molar-refractivity contribution in [2.45, 2.75) is 13.5 Å². The lowest BCUT2D eigenvalue weighted by Gasteiger charge is -2.03. The Balaban J connectivity index is 2.68. The molecule has 84 valence electrons. The molecule has 0 radical (unpaired) electrons. The van der Waals surface area contributed by atoms with Crippen LogP contribution in [0, 0.1) is 12.7 Å². The number of hydrogen-bond acceptors (Lipinski definition) is 3. The summed E-state index contributed by atoms with van der Waals surface area (Å²) in [4.78, 5) is 14.8. The maximum Gasteiger partial charge on any atom is 0.237 e. The molecule has 0 spiro atoms. The van der Waals surface area contributed by atoms with Crippen molar-refractivity contribution in [3.05, 3.63) is 23.5 Å². The van der Waals surface area contributed by atoms with E-state index in [0.717, 1.165) is 0 Å². The molecule has 1 heterocycles. The van der Waals surface area contributed by atoms with Gasteiger partial charge in [-0.3, -0.25) is 4.79 Å². The van der Waals surface area contributed by atoms with E-state index in [9.17, 15) is 9.18 Å². The fraction of sp³-hybridized carbons (Fsp3) is 0.200. The number of rotatable bonds is 2. The fourth-order valence-corrected chi connectivity index (χ4v) is 1.59. The molecule has 0 aliphatic carbocycles. The highest BCUT2D eigenvalue weighted by molar-refractivity contribution is 5.82. The first-order valence-corrected chi connectivity index (χ1v) is 4.69. The van der Waals surface area contributed by atoms with E-state index >= 15 is 0 Å². The number of fused-ring (bicyclic) bond motifs is 1. The van der Waals surface area contributed by atoms with Crippen LogP contribution in [0.25, 0.3) is 11.0 Å². The first-order chi connectivity index (χ1) is 7.49. The second kappa shape index (κ2) is 3.48. The van der Waals surface area contributed by atoms with Crippen LogP contribution >= 0.6 is 0 Å². The summed E-state index contributed by atoms with van der Waals surface area (Å²) in [5, 5.41) is 0. The van der Waals surface area contributed by atoms with Crippen molar-refractivity contribution >= 4 is 22.9 Å². The summed E-state index contributed by atoms with van der Waals surface area (Å²) in [6.45, 7) is 1.57. The van der Waals surface area contributed by atoms with Crippen molar-refractivity contribution in [3.63, 3.8) is 0 Å². The third-order valence-electron chi connectivity index (χ3n) is 2.37. The van der Waals surface area contributed by atoms with Gasteiger partial charge in [0, 0.05) is 6.07 Å². The molecule has 0 saturated heterocycles. The lowest BCUT2D eigenvalue weighted by molar-refractivity contribution is -0.118. The Morgan fingerprint density at radius 1 is 1.56 bits per heavy atom. The van der Waals surface area contributed by atoms with Crippen LogP contribution in [0.1, 0.15) is 5.56 Å². The Kier molecular flexibility index (Phi) is 2.26. The quantitative estimate of drug-likeness (QED) is 0.777. The van der Waals surface area contributed by atoms with Crippen molar-refractivity contribution in [2.75, 3.05) is 5.73 Å². The molecular formula is C10H11FN4O. The van der Waals surface area contributed by atoms with Crippen LogP contribution < -0.4 is 11.5 Å². The summed E-state index contributed by atoms with van der Waals surface area (Å²) in [5.74, 6) is -0.719. The van der Waals surface area contributed by atoms with Crippen LogP contribution in [0.5, 0.6) is 0 Å². The molecule has 0 fully saturated rings. The molecule has 2 aromatic rings. The van der Waals surface area contributed by atoms with Crippen molar-refractivity contribution in [1.29, 1.82) is 0 Å². The molecule has 0 unspecified atom stereocenters. The standard InChI is InChI=1S/C10H11FN4O/c1-5-2-8-7(3-6(5)11)14-10(13)15(8)4-9(12)16/h2-3H,4H2,1H3,(H2,12,16)(H2,13,14). The van der Waals surface area contributed by atoms with Crippen LogP contribution in [0.4, 0.5) is 10.3 Å². The number of benzene rings is 1. The highest BCUT2D eigenvalue weighted by Gasteiger charge is 2.12. The number of nitrogens with two attached hydrogens (primary N) is 2. The van der Waals surface area contributed by atoms with Gasteiger partial charge in [0.2, 0.25) is 11.9 Å². The number of carbonyl (C=O) groups excluding carboxylic acids is 1. The maximum absolute atomic E-state index is 13.3. The van der Waals surface area contributed by atoms with Crippen molar-refractivity contribution in [1.82, 2.24) is 9.55 Å². The minimum atomic E-state index is -0.520. The molecule has 2 rings (SSSR count). The minimum Gasteiger partial charge on any atom is -0.369 e. The second-order valence-corrected chi connectivity index (χ2v) is 3.61. The average Bonchev–Trinajstić information content (AvgIpc) is 2.45. The number of aromatic nitrogens is 2. The Morgan fingerprint density at radius 2 is 2.25 bits per heavy atom. The Hall–Kier alpha value is -2.11. The minimum absolute atomic E-state index is 0.0621. The second-order valence-electron chi connectivity index (χ2n) is 3.61. The predicted molar refractivity (Wildman–Crippen MR) is 58.0 cm³/mol. The monoisotopic (exact) mass is 222 g/mol. The molecule has 0 aliphatic heterocycles. The van der Waals surface area contributed by atoms with Crippen molar-refractivity contribution in [3.8, 4) is 0 Å². The third-order valence-corrected chi connectivity index (χ3v) is 2.37. The summed E-state index contributed by atoms with van der Waals surface area (Å²) in [6.07, 6.45) is 0. The van der Waals surface area contributed by atoms with Crippen LogP contribution in [0.2, 0.25) is 0 Å². The predicted octanol–water partition coefficient (Wildman–Crippen LogP) is 0.551. The number of hydrogen-bond donors (Lipinski definition) is 2. The van der Waals surface area contributed by atoms with Crippen LogP contribution in [-0.2, 0) is 11.3 Å². The number of primary amides is 1. The van der Waals surface area contributed by atoms with Gasteiger partial charge in [0.05, 0.1) is 11.0 Å². The van der Waals surface area contributed by atoms with Gasteiger partial charge in [-0.2, -0.15) is 0 Å². The third kappa shape index (κ3) is 1.58. The van der Waals surface area contributed by atoms with Gasteiger partial charge in [-0.1, -0.05) is 0 Å². The molecule has 16 heavy (non-hydrogen) atoms. The number of aryl methyl sites for hydroxylation is 1. The molecule has 1 amide bonds. The summed E-state index contributed by atoms with van der Waals surface area (Å²) in [7, 11) is 0. The molecule has 6 heteroatoms. The summed E-state index contributed by atoms with van der Waals surface area (Å²) in [6, 6.07) is 2.88. The number of nitrogen functional groups attached to an aromatic ring is 1. The number of anilines is 1. The number of nitrogens with zero attached hydrogens (tertiary/aromatic N) is 2. The zero-order chi connectivity index (χ0) is 11.9. The zero-order valence-electron chi connectivity index (χ0n) is 8.70. The van der Waals surface area contributed by atoms with E-state index in [1.165, 1.54) is 10.6 Å². The van der Waals surface area contributed by atoms with Gasteiger partial charge < -0.3 is 16.0 Å². The van der Waals surface area contributed by atoms with E-state index in [-0.39, 0.29) is 18.3 Å². The van der Waals surface area contributed by atoms with E-state index in [1.807, 2.05) is 0 Å². The Morgan fingerprint density at radius 3 is 2.88 bits per heavy atom. The van der Waals surface area contributed by atoms with Gasteiger partial charge in [0.15, 0.2) is 0 Å². The zero-order valence-corrected chi connectivity index (χ0v) is 8.70. The van der Waals surface area contributed by atoms with Gasteiger partial charge in [-0.15, -0.1) is 0 Å². The van der Waals surface area contributed by atoms with E-state index < -0.39 is 5.91 Å². The fourth-order valence-electron chi connectivity index (χ4n) is 1.59. The van der Waals surface area contributed by atoms with Crippen LogP contribution in [-0.4, -0.2) is 15.5 Å². The van der Waals surface area contributed by atoms with E-state index in [4.69, 9.17) is 11.5 Å². The van der Waals surface area contributed by atoms with Gasteiger partial charge in [-0.25, -0.2) is 9.37 Å². The summed E-state index contributed by atoms with van der Waals surface area (Å²) in [5.41, 5.74) is 12.2. The normalized spacial score (nSPS) is 10.9. The summed E-state index contributed by atoms with van der Waals surface area (Å²) < 4.78 is 14.7. The molecule has 4 N–H and O–H groups in total. The smallest absolute Gasteiger partial charge is 0.237 e. The SMILES string of the molecule is Cc1cc2c(cc1F)nc(N)n2CC(N)=O. The number of imidazole rings is 1. The lowest BCUT2D eigenvalue weighted by atomic mass is 10.2. The van der Waals surface area contributed by atoms with Gasteiger partial charge >= 0.3 is 0 Å². The van der Waals surface area contributed by atoms with Gasteiger partial charge in [-0.05, 0) is 18.6 Å². The molecule has 1 aromatic heterocycles. The van der Waals surface area contributed by atoms with Crippen LogP contribution in [0.3, 0.4) is 0 Å². The lowest BCUT2D eigenvalue weighted by Crippen LogP contribution is -2.19. The number of amides is 1. The molecule has 0 saturated carbocycles. The maximum atomic E-state index is 13.3. The Bertz CT molecular complexity index is 576. The molecule has 0 atom stereocenters. The van der Waals surface area contributed by atoms with Crippen molar-refractivity contribution < 1.29 is 9.18 Å². The number of carbonyl (C=O) groups is 1. The first kappa shape index (κ1) is 10.4. The summed E-state index contributed by atoms with van der Waals surface area (Å²) >= 11 is 0. The van der Waals surface area contributed by atoms with Crippen molar-refractivity contribution in [2.24, 2.45) is 5.73 Å². The Labute approximate surface area is 90.9 Å². The molecule has 0 aliphatic rings. The molecule has 1 aromatic carbocycles. The molecule has 5 nitrogen and oxygen atoms in total. The van der Waals surface area contributed by atoms with Crippen LogP contribution in [0.15, 0.2) is 12.1 Å². The highest BCUT2D eigenvalue weighted by Crippen LogP contribution is 2.21. The van der Waals surface area contributed by atoms with E-state index in [1.54, 1.807) is 13.0 Å². The number of halogens is 1. The molecular weight excluding hydrogens is 211 g/mol. The van der Waals surface area contributed by atoms with E-state index in [2.05, 4.69) is 4.98 Å². The van der Waals surface area contributed by atoms with Gasteiger partial charge in [0.1, 0.15) is 12.4 Å². The highest BCUT2D eigenvalue weighted by atomic mass is 19.1. The largest absolute Gasteiger partial charge is 0.369 e. The van der Waals surface area contributed by atoms with Gasteiger partial charge in [0.25, 0.3) is 0 Å². The topological polar surface area (TPSA) is 86.9 Å². The van der Waals surface area contributed by atoms with E-state index in [0.29, 0.717) is 16.6 Å².